The average molecular weight is 171 g/mol. The Morgan fingerprint density at radius 1 is 1.17 bits per heavy atom. The van der Waals surface area contributed by atoms with Crippen LogP contribution in [-0.2, 0) is 0 Å². The first-order valence-corrected chi connectivity index (χ1v) is 4.87. The van der Waals surface area contributed by atoms with Gasteiger partial charge in [0, 0.05) is 32.2 Å². The summed E-state index contributed by atoms with van der Waals surface area (Å²) in [6.45, 7) is 3.60. The number of alkyl halides is 1. The summed E-state index contributed by atoms with van der Waals surface area (Å²) in [5.74, 6) is 0. The molecule has 2 heterocycles. The average Bonchev–Trinajstić information content (AvgIpc) is 2.54. The number of halogens is 1. The molecule has 0 aromatic carbocycles. The molecule has 2 rings (SSSR count). The van der Waals surface area contributed by atoms with Crippen molar-refractivity contribution in [1.29, 1.82) is 0 Å². The fourth-order valence-electron chi connectivity index (χ4n) is 2.18. The zero-order valence-electron chi connectivity index (χ0n) is 7.38. The lowest BCUT2D eigenvalue weighted by Crippen LogP contribution is -2.40. The molecule has 1 radical (unpaired) electrons. The second-order valence-electron chi connectivity index (χ2n) is 3.78. The van der Waals surface area contributed by atoms with Gasteiger partial charge in [-0.05, 0) is 19.3 Å². The van der Waals surface area contributed by atoms with Gasteiger partial charge in [0.2, 0.25) is 0 Å². The lowest BCUT2D eigenvalue weighted by Gasteiger charge is -2.30. The maximum atomic E-state index is 12.9. The van der Waals surface area contributed by atoms with E-state index in [2.05, 4.69) is 10.2 Å². The van der Waals surface area contributed by atoms with E-state index < -0.39 is 6.17 Å². The van der Waals surface area contributed by atoms with Gasteiger partial charge in [0.15, 0.2) is 0 Å². The molecule has 12 heavy (non-hydrogen) atoms. The molecule has 2 fully saturated rings. The van der Waals surface area contributed by atoms with Gasteiger partial charge in [-0.25, -0.2) is 9.71 Å². The van der Waals surface area contributed by atoms with Gasteiger partial charge in [-0.3, -0.25) is 4.90 Å². The standard InChI is InChI=1S/C9H16FN2/c10-8-3-6-12(7-8)9-1-4-11-5-2-9/h8-9H,1-7H2/t8-/m0/s1. The monoisotopic (exact) mass is 171 g/mol. The number of hydrogen-bond donors (Lipinski definition) is 0. The second kappa shape index (κ2) is 3.71. The fraction of sp³-hybridized carbons (Fsp3) is 1.00. The van der Waals surface area contributed by atoms with E-state index in [1.807, 2.05) is 0 Å². The van der Waals surface area contributed by atoms with Crippen LogP contribution in [0, 0.1) is 0 Å². The summed E-state index contributed by atoms with van der Waals surface area (Å²) in [6.07, 6.45) is 2.47. The second-order valence-corrected chi connectivity index (χ2v) is 3.78. The van der Waals surface area contributed by atoms with Crippen molar-refractivity contribution in [3.05, 3.63) is 0 Å². The number of nitrogens with zero attached hydrogens (tertiary/aromatic N) is 2. The Morgan fingerprint density at radius 2 is 1.92 bits per heavy atom. The maximum Gasteiger partial charge on any atom is 0.114 e. The van der Waals surface area contributed by atoms with Crippen molar-refractivity contribution < 1.29 is 4.39 Å². The highest BCUT2D eigenvalue weighted by Gasteiger charge is 2.28. The van der Waals surface area contributed by atoms with E-state index in [-0.39, 0.29) is 0 Å². The van der Waals surface area contributed by atoms with Crippen molar-refractivity contribution in [1.82, 2.24) is 10.2 Å². The van der Waals surface area contributed by atoms with Crippen molar-refractivity contribution in [3.8, 4) is 0 Å². The van der Waals surface area contributed by atoms with Crippen LogP contribution in [0.15, 0.2) is 0 Å². The summed E-state index contributed by atoms with van der Waals surface area (Å²) in [7, 11) is 0. The topological polar surface area (TPSA) is 17.3 Å². The number of rotatable bonds is 1. The predicted octanol–water partition coefficient (Wildman–Crippen LogP) is 0.797. The lowest BCUT2D eigenvalue weighted by molar-refractivity contribution is 0.183. The van der Waals surface area contributed by atoms with Crippen LogP contribution in [0.4, 0.5) is 4.39 Å². The van der Waals surface area contributed by atoms with Crippen molar-refractivity contribution in [3.63, 3.8) is 0 Å². The van der Waals surface area contributed by atoms with Crippen LogP contribution >= 0.6 is 0 Å². The van der Waals surface area contributed by atoms with E-state index in [0.717, 1.165) is 38.9 Å². The van der Waals surface area contributed by atoms with Crippen molar-refractivity contribution in [2.24, 2.45) is 0 Å². The first-order valence-electron chi connectivity index (χ1n) is 4.87. The molecule has 1 atom stereocenters. The molecule has 0 saturated carbocycles. The third-order valence-electron chi connectivity index (χ3n) is 2.92. The minimum atomic E-state index is -0.566. The summed E-state index contributed by atoms with van der Waals surface area (Å²) in [5.41, 5.74) is 0. The minimum Gasteiger partial charge on any atom is -0.297 e. The van der Waals surface area contributed by atoms with Crippen LogP contribution in [0.2, 0.25) is 0 Å². The van der Waals surface area contributed by atoms with Gasteiger partial charge in [-0.15, -0.1) is 0 Å². The molecule has 2 aliphatic rings. The third kappa shape index (κ3) is 1.77. The van der Waals surface area contributed by atoms with Crippen LogP contribution in [0.1, 0.15) is 19.3 Å². The number of piperidine rings is 1. The van der Waals surface area contributed by atoms with E-state index >= 15 is 0 Å². The normalized spacial score (nSPS) is 34.2. The van der Waals surface area contributed by atoms with Crippen LogP contribution in [0.25, 0.3) is 0 Å². The Kier molecular flexibility index (Phi) is 2.61. The Hall–Kier alpha value is -0.150. The first kappa shape index (κ1) is 8.45. The molecule has 2 saturated heterocycles. The smallest absolute Gasteiger partial charge is 0.114 e. The Balaban J connectivity index is 1.83. The Morgan fingerprint density at radius 3 is 2.50 bits per heavy atom. The highest BCUT2D eigenvalue weighted by Crippen LogP contribution is 2.20. The summed E-state index contributed by atoms with van der Waals surface area (Å²) in [4.78, 5) is 2.30. The molecule has 0 aromatic rings. The SMILES string of the molecule is F[C@H]1CCN(C2CC[N]CC2)C1. The highest BCUT2D eigenvalue weighted by molar-refractivity contribution is 4.84. The molecule has 0 unspecified atom stereocenters. The molecule has 0 bridgehead atoms. The van der Waals surface area contributed by atoms with Crippen LogP contribution in [0.3, 0.4) is 0 Å². The van der Waals surface area contributed by atoms with Gasteiger partial charge in [-0.1, -0.05) is 0 Å². The van der Waals surface area contributed by atoms with Crippen molar-refractivity contribution >= 4 is 0 Å². The quantitative estimate of drug-likeness (QED) is 0.570. The molecule has 0 aliphatic carbocycles. The minimum absolute atomic E-state index is 0.566. The van der Waals surface area contributed by atoms with Gasteiger partial charge >= 0.3 is 0 Å². The van der Waals surface area contributed by atoms with E-state index in [4.69, 9.17) is 0 Å². The highest BCUT2D eigenvalue weighted by atomic mass is 19.1. The van der Waals surface area contributed by atoms with Gasteiger partial charge < -0.3 is 0 Å². The molecule has 0 N–H and O–H groups in total. The summed E-state index contributed by atoms with van der Waals surface area (Å²) >= 11 is 0. The Labute approximate surface area is 73.1 Å². The lowest BCUT2D eigenvalue weighted by atomic mass is 10.1. The molecule has 0 spiro atoms. The largest absolute Gasteiger partial charge is 0.297 e. The number of hydrogen-bond acceptors (Lipinski definition) is 1. The van der Waals surface area contributed by atoms with Gasteiger partial charge in [-0.2, -0.15) is 0 Å². The predicted molar refractivity (Wildman–Crippen MR) is 46.0 cm³/mol. The summed E-state index contributed by atoms with van der Waals surface area (Å²) < 4.78 is 12.9. The van der Waals surface area contributed by atoms with Crippen LogP contribution in [-0.4, -0.2) is 43.3 Å². The van der Waals surface area contributed by atoms with Gasteiger partial charge in [0.25, 0.3) is 0 Å². The molecular weight excluding hydrogens is 155 g/mol. The third-order valence-corrected chi connectivity index (χ3v) is 2.92. The van der Waals surface area contributed by atoms with Crippen LogP contribution in [0.5, 0.6) is 0 Å². The van der Waals surface area contributed by atoms with E-state index in [1.165, 1.54) is 0 Å². The zero-order valence-corrected chi connectivity index (χ0v) is 7.38. The van der Waals surface area contributed by atoms with Gasteiger partial charge in [0.05, 0.1) is 0 Å². The molecule has 3 heteroatoms. The Bertz CT molecular complexity index is 143. The number of likely N-dealkylation sites (tertiary alicyclic amines) is 1. The molecule has 69 valence electrons. The van der Waals surface area contributed by atoms with E-state index in [9.17, 15) is 4.39 Å². The van der Waals surface area contributed by atoms with Crippen LogP contribution < -0.4 is 5.32 Å². The van der Waals surface area contributed by atoms with E-state index in [0.29, 0.717) is 12.6 Å². The maximum absolute atomic E-state index is 12.9. The van der Waals surface area contributed by atoms with Gasteiger partial charge in [0.1, 0.15) is 6.17 Å². The zero-order chi connectivity index (χ0) is 8.39. The molecule has 0 amide bonds. The molecular formula is C9H16FN2. The summed E-state index contributed by atoms with van der Waals surface area (Å²) in [6, 6.07) is 0.628. The summed E-state index contributed by atoms with van der Waals surface area (Å²) in [5, 5.41) is 4.30. The molecule has 2 aliphatic heterocycles. The molecule has 0 aromatic heterocycles. The van der Waals surface area contributed by atoms with E-state index in [1.54, 1.807) is 0 Å². The fourth-order valence-corrected chi connectivity index (χ4v) is 2.18. The first-order chi connectivity index (χ1) is 5.86. The van der Waals surface area contributed by atoms with Crippen molar-refractivity contribution in [2.45, 2.75) is 31.5 Å². The van der Waals surface area contributed by atoms with Crippen molar-refractivity contribution in [2.75, 3.05) is 26.2 Å². The molecule has 2 nitrogen and oxygen atoms in total.